The average Bonchev–Trinajstić information content (AvgIpc) is 2.83. The largest absolute Gasteiger partial charge is 0.314 e. The van der Waals surface area contributed by atoms with Gasteiger partial charge in [0.1, 0.15) is 0 Å². The summed E-state index contributed by atoms with van der Waals surface area (Å²) in [6.45, 7) is 4.54. The van der Waals surface area contributed by atoms with Crippen molar-refractivity contribution in [2.45, 2.75) is 12.5 Å². The molecule has 4 rings (SSSR count). The molecule has 0 spiro atoms. The van der Waals surface area contributed by atoms with E-state index < -0.39 is 0 Å². The lowest BCUT2D eigenvalue weighted by atomic mass is 9.94. The Balaban J connectivity index is 1.87. The van der Waals surface area contributed by atoms with Crippen LogP contribution in [0.1, 0.15) is 17.3 Å². The molecule has 1 N–H and O–H groups in total. The van der Waals surface area contributed by atoms with E-state index in [0.717, 1.165) is 19.5 Å². The Morgan fingerprint density at radius 1 is 1.35 bits per heavy atom. The Morgan fingerprint density at radius 3 is 3.35 bits per heavy atom. The molecule has 17 heavy (non-hydrogen) atoms. The van der Waals surface area contributed by atoms with Crippen molar-refractivity contribution in [3.05, 3.63) is 28.1 Å². The number of pyridine rings is 1. The van der Waals surface area contributed by atoms with Gasteiger partial charge in [-0.2, -0.15) is 0 Å². The van der Waals surface area contributed by atoms with Crippen LogP contribution in [0.15, 0.2) is 16.8 Å². The van der Waals surface area contributed by atoms with Gasteiger partial charge in [-0.15, -0.1) is 11.3 Å². The maximum absolute atomic E-state index is 4.82. The number of rotatable bonds is 0. The van der Waals surface area contributed by atoms with E-state index in [9.17, 15) is 0 Å². The van der Waals surface area contributed by atoms with Crippen molar-refractivity contribution in [2.24, 2.45) is 0 Å². The fourth-order valence-electron chi connectivity index (χ4n) is 3.02. The highest BCUT2D eigenvalue weighted by molar-refractivity contribution is 7.09. The van der Waals surface area contributed by atoms with Crippen molar-refractivity contribution >= 4 is 22.2 Å². The molecular formula is C13H15N3S. The van der Waals surface area contributed by atoms with Crippen molar-refractivity contribution in [1.29, 1.82) is 0 Å². The van der Waals surface area contributed by atoms with Crippen LogP contribution in [0, 0.1) is 0 Å². The van der Waals surface area contributed by atoms with Gasteiger partial charge in [-0.05, 0) is 11.6 Å². The molecule has 0 aliphatic carbocycles. The van der Waals surface area contributed by atoms with Gasteiger partial charge in [-0.1, -0.05) is 0 Å². The maximum atomic E-state index is 4.82. The van der Waals surface area contributed by atoms with Crippen LogP contribution in [0.25, 0.3) is 10.9 Å². The standard InChI is InChI=1S/C13H15N3S/c1-3-16-4-2-14-6-13(16)10-5-9-7-17-8-12(9)15-11(1)10/h5,7-8,13-14H,1-4,6H2. The summed E-state index contributed by atoms with van der Waals surface area (Å²) in [7, 11) is 0. The lowest BCUT2D eigenvalue weighted by Gasteiger charge is -2.40. The molecule has 4 heteroatoms. The predicted molar refractivity (Wildman–Crippen MR) is 70.5 cm³/mol. The van der Waals surface area contributed by atoms with Gasteiger partial charge in [0.15, 0.2) is 0 Å². The summed E-state index contributed by atoms with van der Waals surface area (Å²) in [4.78, 5) is 7.42. The number of hydrogen-bond donors (Lipinski definition) is 1. The van der Waals surface area contributed by atoms with Crippen molar-refractivity contribution in [3.63, 3.8) is 0 Å². The second-order valence-corrected chi connectivity index (χ2v) is 5.62. The molecule has 0 saturated carbocycles. The number of thiophene rings is 1. The first-order valence-electron chi connectivity index (χ1n) is 6.22. The van der Waals surface area contributed by atoms with Gasteiger partial charge in [0.25, 0.3) is 0 Å². The molecule has 2 aliphatic heterocycles. The summed E-state index contributed by atoms with van der Waals surface area (Å²) >= 11 is 1.75. The molecule has 0 amide bonds. The Morgan fingerprint density at radius 2 is 2.35 bits per heavy atom. The molecule has 4 heterocycles. The van der Waals surface area contributed by atoms with Crippen LogP contribution >= 0.6 is 11.3 Å². The number of nitrogens with one attached hydrogen (secondary N) is 1. The van der Waals surface area contributed by atoms with Crippen molar-refractivity contribution in [1.82, 2.24) is 15.2 Å². The van der Waals surface area contributed by atoms with E-state index >= 15 is 0 Å². The number of fused-ring (bicyclic) bond motifs is 4. The van der Waals surface area contributed by atoms with Crippen LogP contribution < -0.4 is 5.32 Å². The van der Waals surface area contributed by atoms with Crippen LogP contribution in [0.4, 0.5) is 0 Å². The van der Waals surface area contributed by atoms with E-state index in [4.69, 9.17) is 4.98 Å². The molecular weight excluding hydrogens is 230 g/mol. The molecule has 88 valence electrons. The minimum atomic E-state index is 0.546. The zero-order chi connectivity index (χ0) is 11.2. The zero-order valence-corrected chi connectivity index (χ0v) is 10.5. The number of piperazine rings is 1. The fourth-order valence-corrected chi connectivity index (χ4v) is 3.74. The Bertz CT molecular complexity index is 563. The van der Waals surface area contributed by atoms with E-state index in [1.54, 1.807) is 11.3 Å². The Hall–Kier alpha value is -0.970. The molecule has 1 unspecified atom stereocenters. The molecule has 0 aromatic carbocycles. The van der Waals surface area contributed by atoms with Gasteiger partial charge in [-0.3, -0.25) is 9.88 Å². The fraction of sp³-hybridized carbons (Fsp3) is 0.462. The Kier molecular flexibility index (Phi) is 2.21. The average molecular weight is 245 g/mol. The van der Waals surface area contributed by atoms with E-state index in [0.29, 0.717) is 6.04 Å². The molecule has 0 radical (unpaired) electrons. The second-order valence-electron chi connectivity index (χ2n) is 4.88. The van der Waals surface area contributed by atoms with E-state index in [1.807, 2.05) is 0 Å². The van der Waals surface area contributed by atoms with E-state index in [-0.39, 0.29) is 0 Å². The molecule has 1 saturated heterocycles. The summed E-state index contributed by atoms with van der Waals surface area (Å²) in [5.41, 5.74) is 3.95. The van der Waals surface area contributed by atoms with Crippen molar-refractivity contribution < 1.29 is 0 Å². The molecule has 2 aromatic rings. The first-order chi connectivity index (χ1) is 8.42. The maximum Gasteiger partial charge on any atom is 0.0812 e. The van der Waals surface area contributed by atoms with E-state index in [1.165, 1.54) is 35.2 Å². The molecule has 0 bridgehead atoms. The summed E-state index contributed by atoms with van der Waals surface area (Å²) in [6, 6.07) is 2.90. The second kappa shape index (κ2) is 3.77. The highest BCUT2D eigenvalue weighted by Crippen LogP contribution is 2.32. The molecule has 1 atom stereocenters. The molecule has 1 fully saturated rings. The third-order valence-electron chi connectivity index (χ3n) is 3.92. The van der Waals surface area contributed by atoms with Crippen LogP contribution in [0.2, 0.25) is 0 Å². The monoisotopic (exact) mass is 245 g/mol. The smallest absolute Gasteiger partial charge is 0.0812 e. The first-order valence-corrected chi connectivity index (χ1v) is 7.16. The quantitative estimate of drug-likeness (QED) is 0.767. The highest BCUT2D eigenvalue weighted by atomic mass is 32.1. The normalized spacial score (nSPS) is 24.6. The zero-order valence-electron chi connectivity index (χ0n) is 9.65. The summed E-state index contributed by atoms with van der Waals surface area (Å²) in [5, 5.41) is 9.17. The minimum absolute atomic E-state index is 0.546. The Labute approximate surface area is 104 Å². The van der Waals surface area contributed by atoms with Gasteiger partial charge in [0.05, 0.1) is 5.52 Å². The van der Waals surface area contributed by atoms with E-state index in [2.05, 4.69) is 27.0 Å². The van der Waals surface area contributed by atoms with Gasteiger partial charge < -0.3 is 5.32 Å². The summed E-state index contributed by atoms with van der Waals surface area (Å²) < 4.78 is 0. The third-order valence-corrected chi connectivity index (χ3v) is 4.67. The van der Waals surface area contributed by atoms with Crippen LogP contribution in [-0.2, 0) is 6.42 Å². The first kappa shape index (κ1) is 10.00. The topological polar surface area (TPSA) is 28.2 Å². The SMILES string of the molecule is c1scc2nc3c(cc12)C1CNCCN1CC3. The van der Waals surface area contributed by atoms with Gasteiger partial charge >= 0.3 is 0 Å². The lowest BCUT2D eigenvalue weighted by Crippen LogP contribution is -2.49. The lowest BCUT2D eigenvalue weighted by molar-refractivity contribution is 0.150. The van der Waals surface area contributed by atoms with Crippen LogP contribution in [0.3, 0.4) is 0 Å². The minimum Gasteiger partial charge on any atom is -0.314 e. The van der Waals surface area contributed by atoms with Gasteiger partial charge in [0, 0.05) is 60.5 Å². The van der Waals surface area contributed by atoms with Crippen molar-refractivity contribution in [2.75, 3.05) is 26.2 Å². The van der Waals surface area contributed by atoms with Crippen molar-refractivity contribution in [3.8, 4) is 0 Å². The predicted octanol–water partition coefficient (Wildman–Crippen LogP) is 1.80. The van der Waals surface area contributed by atoms with Crippen LogP contribution in [0.5, 0.6) is 0 Å². The van der Waals surface area contributed by atoms with Gasteiger partial charge in [0.2, 0.25) is 0 Å². The van der Waals surface area contributed by atoms with Gasteiger partial charge in [-0.25, -0.2) is 0 Å². The number of hydrogen-bond acceptors (Lipinski definition) is 4. The molecule has 2 aliphatic rings. The number of nitrogens with zero attached hydrogens (tertiary/aromatic N) is 2. The number of aromatic nitrogens is 1. The molecule has 3 nitrogen and oxygen atoms in total. The third kappa shape index (κ3) is 1.52. The highest BCUT2D eigenvalue weighted by Gasteiger charge is 2.30. The van der Waals surface area contributed by atoms with Crippen LogP contribution in [-0.4, -0.2) is 36.1 Å². The molecule has 2 aromatic heterocycles. The summed E-state index contributed by atoms with van der Waals surface area (Å²) in [6.07, 6.45) is 1.11. The summed E-state index contributed by atoms with van der Waals surface area (Å²) in [5.74, 6) is 0.